The van der Waals surface area contributed by atoms with Crippen LogP contribution in [0.1, 0.15) is 30.8 Å². The van der Waals surface area contributed by atoms with Gasteiger partial charge in [0.15, 0.2) is 5.69 Å². The number of anilines is 1. The molecule has 1 heterocycles. The van der Waals surface area contributed by atoms with Crippen LogP contribution in [0.3, 0.4) is 0 Å². The zero-order valence-corrected chi connectivity index (χ0v) is 12.8. The predicted molar refractivity (Wildman–Crippen MR) is 80.9 cm³/mol. The van der Waals surface area contributed by atoms with Gasteiger partial charge in [0.1, 0.15) is 5.82 Å². The van der Waals surface area contributed by atoms with Crippen LogP contribution in [0.2, 0.25) is 0 Å². The molecule has 0 fully saturated rings. The Morgan fingerprint density at radius 1 is 1.25 bits per heavy atom. The van der Waals surface area contributed by atoms with E-state index >= 15 is 0 Å². The molecular formula is C14H25N5O. The lowest BCUT2D eigenvalue weighted by atomic mass is 10.1. The van der Waals surface area contributed by atoms with E-state index in [1.54, 1.807) is 12.1 Å². The number of rotatable bonds is 8. The maximum atomic E-state index is 11.8. The first kappa shape index (κ1) is 16.4. The molecule has 0 aromatic carbocycles. The highest BCUT2D eigenvalue weighted by Crippen LogP contribution is 2.04. The van der Waals surface area contributed by atoms with Crippen molar-refractivity contribution >= 4 is 11.7 Å². The minimum atomic E-state index is -0.187. The molecule has 0 aliphatic heterocycles. The first-order chi connectivity index (χ1) is 9.49. The summed E-state index contributed by atoms with van der Waals surface area (Å²) < 4.78 is 0. The van der Waals surface area contributed by atoms with Crippen LogP contribution in [-0.4, -0.2) is 54.7 Å². The highest BCUT2D eigenvalue weighted by atomic mass is 16.1. The van der Waals surface area contributed by atoms with Gasteiger partial charge >= 0.3 is 0 Å². The third-order valence-electron chi connectivity index (χ3n) is 2.77. The van der Waals surface area contributed by atoms with Crippen LogP contribution >= 0.6 is 0 Å². The van der Waals surface area contributed by atoms with Crippen molar-refractivity contribution in [2.45, 2.75) is 20.3 Å². The van der Waals surface area contributed by atoms with Crippen LogP contribution in [0.25, 0.3) is 0 Å². The fourth-order valence-electron chi connectivity index (χ4n) is 1.52. The zero-order chi connectivity index (χ0) is 15.0. The zero-order valence-electron chi connectivity index (χ0n) is 12.8. The van der Waals surface area contributed by atoms with E-state index in [4.69, 9.17) is 0 Å². The van der Waals surface area contributed by atoms with Gasteiger partial charge in [-0.2, -0.15) is 0 Å². The van der Waals surface area contributed by atoms with Gasteiger partial charge in [0.05, 0.1) is 0 Å². The summed E-state index contributed by atoms with van der Waals surface area (Å²) in [6, 6.07) is 3.48. The van der Waals surface area contributed by atoms with E-state index < -0.39 is 0 Å². The summed E-state index contributed by atoms with van der Waals surface area (Å²) in [6.07, 6.45) is 1.08. The molecule has 0 aliphatic carbocycles. The first-order valence-electron chi connectivity index (χ1n) is 6.99. The standard InChI is InChI=1S/C14H25N5O/c1-11(2)7-8-15-13-6-5-12(17-18-13)14(20)16-9-10-19(3)4/h5-6,11H,7-10H2,1-4H3,(H,15,18)(H,16,20). The fourth-order valence-corrected chi connectivity index (χ4v) is 1.52. The minimum Gasteiger partial charge on any atom is -0.369 e. The molecule has 20 heavy (non-hydrogen) atoms. The molecule has 0 atom stereocenters. The number of hydrogen-bond acceptors (Lipinski definition) is 5. The number of nitrogens with zero attached hydrogens (tertiary/aromatic N) is 3. The SMILES string of the molecule is CC(C)CCNc1ccc(C(=O)NCCN(C)C)nn1. The van der Waals surface area contributed by atoms with E-state index in [2.05, 4.69) is 34.7 Å². The van der Waals surface area contributed by atoms with Gasteiger partial charge in [-0.3, -0.25) is 4.79 Å². The lowest BCUT2D eigenvalue weighted by Gasteiger charge is -2.10. The van der Waals surface area contributed by atoms with Crippen LogP contribution in [0.4, 0.5) is 5.82 Å². The van der Waals surface area contributed by atoms with Crippen molar-refractivity contribution in [3.05, 3.63) is 17.8 Å². The van der Waals surface area contributed by atoms with Crippen molar-refractivity contribution in [1.29, 1.82) is 0 Å². The van der Waals surface area contributed by atoms with E-state index in [0.29, 0.717) is 24.0 Å². The molecule has 1 aromatic heterocycles. The first-order valence-corrected chi connectivity index (χ1v) is 6.99. The van der Waals surface area contributed by atoms with Crippen molar-refractivity contribution in [2.24, 2.45) is 5.92 Å². The summed E-state index contributed by atoms with van der Waals surface area (Å²) in [5.41, 5.74) is 0.346. The fraction of sp³-hybridized carbons (Fsp3) is 0.643. The van der Waals surface area contributed by atoms with E-state index in [-0.39, 0.29) is 5.91 Å². The van der Waals surface area contributed by atoms with Crippen LogP contribution in [0.15, 0.2) is 12.1 Å². The molecule has 1 aromatic rings. The molecule has 1 rings (SSSR count). The lowest BCUT2D eigenvalue weighted by molar-refractivity contribution is 0.0945. The van der Waals surface area contributed by atoms with Crippen LogP contribution in [0, 0.1) is 5.92 Å². The normalized spacial score (nSPS) is 10.9. The molecule has 2 N–H and O–H groups in total. The molecule has 6 heteroatoms. The second kappa shape index (κ2) is 8.47. The summed E-state index contributed by atoms with van der Waals surface area (Å²) >= 11 is 0. The number of carbonyl (C=O) groups is 1. The molecule has 0 spiro atoms. The smallest absolute Gasteiger partial charge is 0.271 e. The van der Waals surface area contributed by atoms with Gasteiger partial charge in [-0.05, 0) is 38.6 Å². The molecule has 1 amide bonds. The number of nitrogens with one attached hydrogen (secondary N) is 2. The van der Waals surface area contributed by atoms with E-state index in [9.17, 15) is 4.79 Å². The molecule has 112 valence electrons. The maximum absolute atomic E-state index is 11.8. The molecule has 0 radical (unpaired) electrons. The molecule has 0 bridgehead atoms. The van der Waals surface area contributed by atoms with Gasteiger partial charge in [-0.15, -0.1) is 10.2 Å². The minimum absolute atomic E-state index is 0.187. The van der Waals surface area contributed by atoms with Crippen molar-refractivity contribution in [3.8, 4) is 0 Å². The van der Waals surface area contributed by atoms with Gasteiger partial charge in [0, 0.05) is 19.6 Å². The Kier molecular flexibility index (Phi) is 6.93. The van der Waals surface area contributed by atoms with Gasteiger partial charge in [0.2, 0.25) is 0 Å². The van der Waals surface area contributed by atoms with E-state index in [0.717, 1.165) is 19.5 Å². The van der Waals surface area contributed by atoms with Crippen molar-refractivity contribution in [2.75, 3.05) is 39.0 Å². The van der Waals surface area contributed by atoms with Gasteiger partial charge < -0.3 is 15.5 Å². The summed E-state index contributed by atoms with van der Waals surface area (Å²) in [6.45, 7) is 6.61. The highest BCUT2D eigenvalue weighted by Gasteiger charge is 2.07. The lowest BCUT2D eigenvalue weighted by Crippen LogP contribution is -2.31. The molecule has 0 saturated carbocycles. The van der Waals surface area contributed by atoms with Gasteiger partial charge in [-0.1, -0.05) is 13.8 Å². The Morgan fingerprint density at radius 3 is 2.55 bits per heavy atom. The second-order valence-electron chi connectivity index (χ2n) is 5.47. The van der Waals surface area contributed by atoms with E-state index in [1.807, 2.05) is 19.0 Å². The summed E-state index contributed by atoms with van der Waals surface area (Å²) in [5.74, 6) is 1.17. The Bertz CT molecular complexity index is 403. The van der Waals surface area contributed by atoms with Crippen molar-refractivity contribution < 1.29 is 4.79 Å². The van der Waals surface area contributed by atoms with Crippen molar-refractivity contribution in [1.82, 2.24) is 20.4 Å². The number of amides is 1. The summed E-state index contributed by atoms with van der Waals surface area (Å²) in [5, 5.41) is 13.9. The number of hydrogen-bond donors (Lipinski definition) is 2. The van der Waals surface area contributed by atoms with Crippen molar-refractivity contribution in [3.63, 3.8) is 0 Å². The summed E-state index contributed by atoms with van der Waals surface area (Å²) in [4.78, 5) is 13.8. The third-order valence-corrected chi connectivity index (χ3v) is 2.77. The molecular weight excluding hydrogens is 254 g/mol. The predicted octanol–water partition coefficient (Wildman–Crippen LogP) is 1.23. The van der Waals surface area contributed by atoms with E-state index in [1.165, 1.54) is 0 Å². The Balaban J connectivity index is 2.39. The topological polar surface area (TPSA) is 70.2 Å². The third kappa shape index (κ3) is 6.47. The largest absolute Gasteiger partial charge is 0.369 e. The number of carbonyl (C=O) groups excluding carboxylic acids is 1. The monoisotopic (exact) mass is 279 g/mol. The molecule has 0 unspecified atom stereocenters. The molecule has 0 aliphatic rings. The van der Waals surface area contributed by atoms with Crippen LogP contribution < -0.4 is 10.6 Å². The highest BCUT2D eigenvalue weighted by molar-refractivity contribution is 5.92. The maximum Gasteiger partial charge on any atom is 0.271 e. The Labute approximate surface area is 121 Å². The Hall–Kier alpha value is -1.69. The second-order valence-corrected chi connectivity index (χ2v) is 5.47. The average molecular weight is 279 g/mol. The number of likely N-dealkylation sites (N-methyl/N-ethyl adjacent to an activating group) is 1. The van der Waals surface area contributed by atoms with Crippen LogP contribution in [-0.2, 0) is 0 Å². The average Bonchev–Trinajstić information content (AvgIpc) is 2.38. The molecule has 0 saturated heterocycles. The Morgan fingerprint density at radius 2 is 2.00 bits per heavy atom. The number of aromatic nitrogens is 2. The van der Waals surface area contributed by atoms with Gasteiger partial charge in [0.25, 0.3) is 5.91 Å². The molecule has 6 nitrogen and oxygen atoms in total. The van der Waals surface area contributed by atoms with Gasteiger partial charge in [-0.25, -0.2) is 0 Å². The summed E-state index contributed by atoms with van der Waals surface area (Å²) in [7, 11) is 3.92. The van der Waals surface area contributed by atoms with Crippen LogP contribution in [0.5, 0.6) is 0 Å². The quantitative estimate of drug-likeness (QED) is 0.749.